The van der Waals surface area contributed by atoms with Gasteiger partial charge in [0.1, 0.15) is 22.7 Å². The molecular formula is C18H11ClN4O3S. The third-order valence-corrected chi connectivity index (χ3v) is 5.07. The van der Waals surface area contributed by atoms with Crippen LogP contribution in [-0.4, -0.2) is 20.0 Å². The van der Waals surface area contributed by atoms with Crippen LogP contribution in [0, 0.1) is 10.1 Å². The van der Waals surface area contributed by atoms with Crippen molar-refractivity contribution in [2.45, 2.75) is 0 Å². The number of benzene rings is 2. The van der Waals surface area contributed by atoms with Crippen molar-refractivity contribution in [3.8, 4) is 16.9 Å². The fourth-order valence-electron chi connectivity index (χ4n) is 2.71. The average molecular weight is 399 g/mol. The van der Waals surface area contributed by atoms with E-state index in [-0.39, 0.29) is 11.4 Å². The number of anilines is 2. The molecule has 0 amide bonds. The second-order valence-corrected chi connectivity index (χ2v) is 6.94. The number of phenolic OH excluding ortho intramolecular Hbond substituents is 1. The minimum Gasteiger partial charge on any atom is -0.506 e. The number of aromatic hydroxyl groups is 1. The quantitative estimate of drug-likeness (QED) is 0.272. The first-order valence-electron chi connectivity index (χ1n) is 7.75. The lowest BCUT2D eigenvalue weighted by Gasteiger charge is -2.10. The lowest BCUT2D eigenvalue weighted by atomic mass is 10.1. The maximum absolute atomic E-state index is 11.1. The van der Waals surface area contributed by atoms with Gasteiger partial charge in [-0.1, -0.05) is 23.7 Å². The number of nitrogens with one attached hydrogen (secondary N) is 1. The fourth-order valence-corrected chi connectivity index (χ4v) is 3.79. The molecule has 0 saturated carbocycles. The van der Waals surface area contributed by atoms with Crippen LogP contribution >= 0.6 is 22.9 Å². The van der Waals surface area contributed by atoms with Gasteiger partial charge in [-0.2, -0.15) is 0 Å². The van der Waals surface area contributed by atoms with Gasteiger partial charge in [0, 0.05) is 28.1 Å². The van der Waals surface area contributed by atoms with Crippen LogP contribution in [0.15, 0.2) is 54.2 Å². The molecule has 2 heterocycles. The number of hydrogen-bond donors (Lipinski definition) is 2. The molecule has 2 N–H and O–H groups in total. The SMILES string of the molecule is O=[N+]([O-])c1cccc(-c2csc3ncnc(Nc4cc(Cl)ccc4O)c23)c1. The number of rotatable bonds is 4. The lowest BCUT2D eigenvalue weighted by molar-refractivity contribution is -0.384. The van der Waals surface area contributed by atoms with Crippen molar-refractivity contribution in [3.63, 3.8) is 0 Å². The summed E-state index contributed by atoms with van der Waals surface area (Å²) in [7, 11) is 0. The van der Waals surface area contributed by atoms with Crippen molar-refractivity contribution in [1.29, 1.82) is 0 Å². The maximum atomic E-state index is 11.1. The molecule has 0 saturated heterocycles. The molecule has 0 unspecified atom stereocenters. The minimum absolute atomic E-state index is 0.00527. The normalized spacial score (nSPS) is 10.9. The molecule has 7 nitrogen and oxygen atoms in total. The van der Waals surface area contributed by atoms with E-state index in [9.17, 15) is 15.2 Å². The van der Waals surface area contributed by atoms with E-state index in [0.29, 0.717) is 27.5 Å². The maximum Gasteiger partial charge on any atom is 0.270 e. The van der Waals surface area contributed by atoms with Crippen LogP contribution < -0.4 is 5.32 Å². The number of aromatic nitrogens is 2. The van der Waals surface area contributed by atoms with E-state index >= 15 is 0 Å². The van der Waals surface area contributed by atoms with Gasteiger partial charge in [0.25, 0.3) is 5.69 Å². The minimum atomic E-state index is -0.433. The van der Waals surface area contributed by atoms with Crippen molar-refractivity contribution in [2.24, 2.45) is 0 Å². The summed E-state index contributed by atoms with van der Waals surface area (Å²) in [5.74, 6) is 0.499. The molecule has 0 aliphatic heterocycles. The van der Waals surface area contributed by atoms with Gasteiger partial charge in [-0.25, -0.2) is 9.97 Å². The second kappa shape index (κ2) is 6.82. The molecule has 4 aromatic rings. The van der Waals surface area contributed by atoms with E-state index in [2.05, 4.69) is 15.3 Å². The van der Waals surface area contributed by atoms with E-state index in [1.54, 1.807) is 24.3 Å². The molecule has 134 valence electrons. The monoisotopic (exact) mass is 398 g/mol. The van der Waals surface area contributed by atoms with Gasteiger partial charge in [0.2, 0.25) is 0 Å². The Morgan fingerprint density at radius 2 is 2.04 bits per heavy atom. The molecular weight excluding hydrogens is 388 g/mol. The third kappa shape index (κ3) is 3.27. The van der Waals surface area contributed by atoms with Crippen LogP contribution in [0.3, 0.4) is 0 Å². The summed E-state index contributed by atoms with van der Waals surface area (Å²) >= 11 is 7.41. The number of nitro benzene ring substituents is 1. The summed E-state index contributed by atoms with van der Waals surface area (Å²) in [4.78, 5) is 19.9. The van der Waals surface area contributed by atoms with Gasteiger partial charge in [-0.05, 0) is 23.8 Å². The molecule has 2 aromatic carbocycles. The standard InChI is InChI=1S/C18H11ClN4O3S/c19-11-4-5-15(24)14(7-11)22-17-16-13(8-27-18(16)21-9-20-17)10-2-1-3-12(6-10)23(25)26/h1-9,24H,(H,20,21,22). The van der Waals surface area contributed by atoms with E-state index in [1.807, 2.05) is 5.38 Å². The highest BCUT2D eigenvalue weighted by atomic mass is 35.5. The summed E-state index contributed by atoms with van der Waals surface area (Å²) in [6, 6.07) is 11.0. The molecule has 0 bridgehead atoms. The predicted octanol–water partition coefficient (Wildman–Crippen LogP) is 5.37. The van der Waals surface area contributed by atoms with Crippen LogP contribution in [-0.2, 0) is 0 Å². The van der Waals surface area contributed by atoms with Crippen molar-refractivity contribution in [1.82, 2.24) is 9.97 Å². The van der Waals surface area contributed by atoms with Crippen LogP contribution in [0.25, 0.3) is 21.3 Å². The van der Waals surface area contributed by atoms with Crippen molar-refractivity contribution >= 4 is 50.3 Å². The number of halogens is 1. The summed E-state index contributed by atoms with van der Waals surface area (Å²) < 4.78 is 0. The van der Waals surface area contributed by atoms with Gasteiger partial charge in [0.15, 0.2) is 0 Å². The fraction of sp³-hybridized carbons (Fsp3) is 0. The first-order valence-corrected chi connectivity index (χ1v) is 9.01. The summed E-state index contributed by atoms with van der Waals surface area (Å²) in [5.41, 5.74) is 1.86. The number of non-ortho nitro benzene ring substituents is 1. The zero-order valence-electron chi connectivity index (χ0n) is 13.6. The highest BCUT2D eigenvalue weighted by Crippen LogP contribution is 2.39. The molecule has 9 heteroatoms. The molecule has 0 fully saturated rings. The average Bonchev–Trinajstić information content (AvgIpc) is 3.10. The molecule has 27 heavy (non-hydrogen) atoms. The van der Waals surface area contributed by atoms with Crippen LogP contribution in [0.1, 0.15) is 0 Å². The summed E-state index contributed by atoms with van der Waals surface area (Å²) in [6.07, 6.45) is 1.42. The molecule has 0 aliphatic carbocycles. The summed E-state index contributed by atoms with van der Waals surface area (Å²) in [6.45, 7) is 0. The Morgan fingerprint density at radius 1 is 1.19 bits per heavy atom. The van der Waals surface area contributed by atoms with Gasteiger partial charge >= 0.3 is 0 Å². The predicted molar refractivity (Wildman–Crippen MR) is 106 cm³/mol. The van der Waals surface area contributed by atoms with Crippen molar-refractivity contribution < 1.29 is 10.0 Å². The van der Waals surface area contributed by atoms with E-state index in [4.69, 9.17) is 11.6 Å². The summed E-state index contributed by atoms with van der Waals surface area (Å²) in [5, 5.41) is 27.3. The number of phenols is 1. The smallest absolute Gasteiger partial charge is 0.270 e. The Bertz CT molecular complexity index is 1180. The Labute approximate surface area is 162 Å². The zero-order chi connectivity index (χ0) is 19.0. The van der Waals surface area contributed by atoms with Gasteiger partial charge < -0.3 is 10.4 Å². The Kier molecular flexibility index (Phi) is 4.35. The molecule has 4 rings (SSSR count). The van der Waals surface area contributed by atoms with E-state index in [1.165, 1.54) is 35.9 Å². The van der Waals surface area contributed by atoms with Gasteiger partial charge in [-0.3, -0.25) is 10.1 Å². The number of nitrogens with zero attached hydrogens (tertiary/aromatic N) is 3. The number of fused-ring (bicyclic) bond motifs is 1. The van der Waals surface area contributed by atoms with Crippen molar-refractivity contribution in [3.05, 3.63) is 69.3 Å². The first-order chi connectivity index (χ1) is 13.0. The van der Waals surface area contributed by atoms with E-state index < -0.39 is 4.92 Å². The number of thiophene rings is 1. The largest absolute Gasteiger partial charge is 0.506 e. The number of hydrogen-bond acceptors (Lipinski definition) is 7. The van der Waals surface area contributed by atoms with E-state index in [0.717, 1.165) is 10.4 Å². The number of nitro groups is 1. The Balaban J connectivity index is 1.86. The Morgan fingerprint density at radius 3 is 2.85 bits per heavy atom. The molecule has 0 aliphatic rings. The Hall–Kier alpha value is -3.23. The molecule has 2 aromatic heterocycles. The van der Waals surface area contributed by atoms with Crippen LogP contribution in [0.4, 0.5) is 17.2 Å². The highest BCUT2D eigenvalue weighted by Gasteiger charge is 2.16. The molecule has 0 atom stereocenters. The lowest BCUT2D eigenvalue weighted by Crippen LogP contribution is -1.96. The van der Waals surface area contributed by atoms with Crippen molar-refractivity contribution in [2.75, 3.05) is 5.32 Å². The van der Waals surface area contributed by atoms with Crippen LogP contribution in [0.5, 0.6) is 5.75 Å². The zero-order valence-corrected chi connectivity index (χ0v) is 15.2. The third-order valence-electron chi connectivity index (χ3n) is 3.95. The second-order valence-electron chi connectivity index (χ2n) is 5.65. The molecule has 0 spiro atoms. The topological polar surface area (TPSA) is 101 Å². The highest BCUT2D eigenvalue weighted by molar-refractivity contribution is 7.17. The first kappa shape index (κ1) is 17.2. The van der Waals surface area contributed by atoms with Gasteiger partial charge in [-0.15, -0.1) is 11.3 Å². The van der Waals surface area contributed by atoms with Gasteiger partial charge in [0.05, 0.1) is 16.0 Å². The van der Waals surface area contributed by atoms with Crippen LogP contribution in [0.2, 0.25) is 5.02 Å². The molecule has 0 radical (unpaired) electrons.